The molecule has 9 heteroatoms. The molecule has 1 N–H and O–H groups in total. The first kappa shape index (κ1) is 19.0. The lowest BCUT2D eigenvalue weighted by Gasteiger charge is -2.31. The molecular formula is C20H16N2O6S. The summed E-state index contributed by atoms with van der Waals surface area (Å²) in [5.74, 6) is -2.05. The van der Waals surface area contributed by atoms with Gasteiger partial charge >= 0.3 is 0 Å². The summed E-state index contributed by atoms with van der Waals surface area (Å²) in [6.07, 6.45) is 3.22. The molecule has 148 valence electrons. The molecule has 1 aliphatic heterocycles. The lowest BCUT2D eigenvalue weighted by Crippen LogP contribution is -2.48. The van der Waals surface area contributed by atoms with Crippen molar-refractivity contribution in [2.24, 2.45) is 5.41 Å². The van der Waals surface area contributed by atoms with Crippen molar-refractivity contribution < 1.29 is 27.9 Å². The Morgan fingerprint density at radius 3 is 2.76 bits per heavy atom. The molecule has 1 aliphatic carbocycles. The average Bonchev–Trinajstić information content (AvgIpc) is 3.04. The molecule has 1 unspecified atom stereocenters. The predicted molar refractivity (Wildman–Crippen MR) is 103 cm³/mol. The van der Waals surface area contributed by atoms with Crippen molar-refractivity contribution in [2.75, 3.05) is 6.26 Å². The summed E-state index contributed by atoms with van der Waals surface area (Å²) in [6.45, 7) is 0. The van der Waals surface area contributed by atoms with Crippen molar-refractivity contribution in [2.45, 2.75) is 18.9 Å². The van der Waals surface area contributed by atoms with Crippen LogP contribution in [-0.2, 0) is 26.0 Å². The van der Waals surface area contributed by atoms with Gasteiger partial charge in [0.15, 0.2) is 11.2 Å². The van der Waals surface area contributed by atoms with Crippen LogP contribution in [0, 0.1) is 16.7 Å². The monoisotopic (exact) mass is 412 g/mol. The van der Waals surface area contributed by atoms with Crippen LogP contribution in [0.1, 0.15) is 22.5 Å². The maximum atomic E-state index is 13.5. The maximum absolute atomic E-state index is 13.5. The molecule has 2 aromatic rings. The van der Waals surface area contributed by atoms with Crippen LogP contribution < -0.4 is 0 Å². The van der Waals surface area contributed by atoms with Crippen molar-refractivity contribution in [3.05, 3.63) is 59.7 Å². The standard InChI is InChI=1S/C20H16N2O6S/c1-29(26,27)22-13-6-3-2-5-12(13)16-14(22)8-9-20(11-21,18(16)24)19(25)17-15(23)7-4-10-28-17/h2-7,10,17,23H,8-9H2,1H3/t17?,20-/m1/s1. The van der Waals surface area contributed by atoms with Crippen LogP contribution in [0.3, 0.4) is 0 Å². The number of nitriles is 1. The highest BCUT2D eigenvalue weighted by Gasteiger charge is 2.54. The van der Waals surface area contributed by atoms with E-state index in [1.54, 1.807) is 24.3 Å². The number of carbonyl (C=O) groups excluding carboxylic acids is 2. The zero-order chi connectivity index (χ0) is 21.0. The number of Topliss-reactive ketones (excluding diaryl/α,β-unsaturated/α-hetero) is 2. The van der Waals surface area contributed by atoms with Gasteiger partial charge in [-0.25, -0.2) is 12.4 Å². The van der Waals surface area contributed by atoms with Gasteiger partial charge in [-0.05, 0) is 31.1 Å². The Morgan fingerprint density at radius 1 is 1.38 bits per heavy atom. The van der Waals surface area contributed by atoms with Crippen molar-refractivity contribution >= 4 is 32.5 Å². The van der Waals surface area contributed by atoms with Gasteiger partial charge in [-0.3, -0.25) is 9.59 Å². The molecule has 1 aromatic carbocycles. The molecule has 0 saturated heterocycles. The zero-order valence-electron chi connectivity index (χ0n) is 15.3. The number of benzene rings is 1. The largest absolute Gasteiger partial charge is 0.508 e. The smallest absolute Gasteiger partial charge is 0.236 e. The number of ketones is 2. The summed E-state index contributed by atoms with van der Waals surface area (Å²) in [5, 5.41) is 20.2. The first-order chi connectivity index (χ1) is 13.7. The van der Waals surface area contributed by atoms with Crippen LogP contribution in [0.5, 0.6) is 0 Å². The van der Waals surface area contributed by atoms with Crippen molar-refractivity contribution in [3.63, 3.8) is 0 Å². The minimum absolute atomic E-state index is 0.0230. The van der Waals surface area contributed by atoms with Crippen LogP contribution in [0.4, 0.5) is 0 Å². The number of hydrogen-bond acceptors (Lipinski definition) is 7. The van der Waals surface area contributed by atoms with Gasteiger partial charge in [0.25, 0.3) is 0 Å². The van der Waals surface area contributed by atoms with E-state index in [9.17, 15) is 28.4 Å². The number of fused-ring (bicyclic) bond motifs is 3. The SMILES string of the molecule is CS(=O)(=O)n1c2c(c3ccccc31)C(=O)[C@@](C#N)(C(=O)C1OC=CC=C1O)CC2. The first-order valence-electron chi connectivity index (χ1n) is 8.77. The molecule has 0 amide bonds. The molecule has 2 aliphatic rings. The van der Waals surface area contributed by atoms with E-state index in [2.05, 4.69) is 0 Å². The van der Waals surface area contributed by atoms with Crippen molar-refractivity contribution in [1.29, 1.82) is 5.26 Å². The third-order valence-electron chi connectivity index (χ3n) is 5.29. The maximum Gasteiger partial charge on any atom is 0.236 e. The summed E-state index contributed by atoms with van der Waals surface area (Å²) in [6, 6.07) is 8.29. The Hall–Kier alpha value is -3.38. The average molecular weight is 412 g/mol. The van der Waals surface area contributed by atoms with Crippen LogP contribution in [0.2, 0.25) is 0 Å². The van der Waals surface area contributed by atoms with Crippen molar-refractivity contribution in [3.8, 4) is 6.07 Å². The van der Waals surface area contributed by atoms with E-state index in [0.717, 1.165) is 10.2 Å². The molecule has 2 heterocycles. The first-order valence-corrected chi connectivity index (χ1v) is 10.6. The van der Waals surface area contributed by atoms with Gasteiger partial charge in [0.2, 0.25) is 21.9 Å². The van der Waals surface area contributed by atoms with Gasteiger partial charge in [-0.15, -0.1) is 0 Å². The van der Waals surface area contributed by atoms with Crippen molar-refractivity contribution in [1.82, 2.24) is 3.97 Å². The second-order valence-electron chi connectivity index (χ2n) is 7.01. The summed E-state index contributed by atoms with van der Waals surface area (Å²) >= 11 is 0. The highest BCUT2D eigenvalue weighted by Crippen LogP contribution is 2.42. The Balaban J connectivity index is 1.93. The fraction of sp³-hybridized carbons (Fsp3) is 0.250. The molecule has 2 atom stereocenters. The number of carbonyl (C=O) groups is 2. The Kier molecular flexibility index (Phi) is 4.13. The zero-order valence-corrected chi connectivity index (χ0v) is 16.1. The number of allylic oxidation sites excluding steroid dienone is 2. The van der Waals surface area contributed by atoms with Crippen LogP contribution in [0.15, 0.2) is 48.4 Å². The number of nitrogens with zero attached hydrogens (tertiary/aromatic N) is 2. The highest BCUT2D eigenvalue weighted by atomic mass is 32.2. The molecule has 1 aromatic heterocycles. The molecule has 0 saturated carbocycles. The lowest BCUT2D eigenvalue weighted by atomic mass is 9.68. The minimum Gasteiger partial charge on any atom is -0.508 e. The Morgan fingerprint density at radius 2 is 2.10 bits per heavy atom. The third-order valence-corrected chi connectivity index (χ3v) is 6.37. The number of hydrogen-bond donors (Lipinski definition) is 1. The van der Waals surface area contributed by atoms with Gasteiger partial charge in [-0.2, -0.15) is 5.26 Å². The molecule has 4 rings (SSSR count). The normalized spacial score (nSPS) is 23.8. The molecule has 0 spiro atoms. The Labute approximate surface area is 166 Å². The van der Waals surface area contributed by atoms with Gasteiger partial charge in [0.05, 0.1) is 24.1 Å². The van der Waals surface area contributed by atoms with E-state index < -0.39 is 38.9 Å². The minimum atomic E-state index is -3.73. The topological polar surface area (TPSA) is 126 Å². The molecule has 0 bridgehead atoms. The van der Waals surface area contributed by atoms with E-state index >= 15 is 0 Å². The highest BCUT2D eigenvalue weighted by molar-refractivity contribution is 7.89. The number of aliphatic hydroxyl groups is 1. The summed E-state index contributed by atoms with van der Waals surface area (Å²) in [4.78, 5) is 26.6. The summed E-state index contributed by atoms with van der Waals surface area (Å²) in [5.41, 5.74) is -1.48. The molecular weight excluding hydrogens is 396 g/mol. The summed E-state index contributed by atoms with van der Waals surface area (Å²) < 4.78 is 31.0. The van der Waals surface area contributed by atoms with Gasteiger partial charge in [-0.1, -0.05) is 18.2 Å². The van der Waals surface area contributed by atoms with Gasteiger partial charge < -0.3 is 9.84 Å². The molecule has 29 heavy (non-hydrogen) atoms. The van der Waals surface area contributed by atoms with E-state index in [-0.39, 0.29) is 24.1 Å². The van der Waals surface area contributed by atoms with E-state index in [0.29, 0.717) is 10.9 Å². The van der Waals surface area contributed by atoms with E-state index in [1.165, 1.54) is 18.4 Å². The van der Waals surface area contributed by atoms with Crippen LogP contribution in [-0.4, -0.2) is 41.4 Å². The lowest BCUT2D eigenvalue weighted by molar-refractivity contribution is -0.132. The predicted octanol–water partition coefficient (Wildman–Crippen LogP) is 2.01. The molecule has 8 nitrogen and oxygen atoms in total. The number of para-hydroxylation sites is 1. The fourth-order valence-corrected chi connectivity index (χ4v) is 5.09. The fourth-order valence-electron chi connectivity index (χ4n) is 3.99. The van der Waals surface area contributed by atoms with Crippen LogP contribution in [0.25, 0.3) is 10.9 Å². The van der Waals surface area contributed by atoms with E-state index in [4.69, 9.17) is 4.74 Å². The number of aromatic nitrogens is 1. The van der Waals surface area contributed by atoms with Crippen LogP contribution >= 0.6 is 0 Å². The second kappa shape index (κ2) is 6.32. The molecule has 0 radical (unpaired) electrons. The number of ether oxygens (including phenoxy) is 1. The number of rotatable bonds is 3. The number of aliphatic hydroxyl groups excluding tert-OH is 1. The quantitative estimate of drug-likeness (QED) is 0.764. The van der Waals surface area contributed by atoms with Gasteiger partial charge in [0.1, 0.15) is 5.76 Å². The third kappa shape index (κ3) is 2.60. The van der Waals surface area contributed by atoms with Gasteiger partial charge in [0, 0.05) is 16.6 Å². The summed E-state index contributed by atoms with van der Waals surface area (Å²) in [7, 11) is -3.73. The Bertz CT molecular complexity index is 1280. The second-order valence-corrected chi connectivity index (χ2v) is 8.84. The molecule has 0 fully saturated rings. The van der Waals surface area contributed by atoms with E-state index in [1.807, 2.05) is 6.07 Å².